The number of anilines is 2. The van der Waals surface area contributed by atoms with Gasteiger partial charge in [0.2, 0.25) is 5.89 Å². The van der Waals surface area contributed by atoms with Crippen molar-refractivity contribution in [3.63, 3.8) is 0 Å². The van der Waals surface area contributed by atoms with Gasteiger partial charge < -0.3 is 14.5 Å². The van der Waals surface area contributed by atoms with Crippen LogP contribution in [0.5, 0.6) is 5.75 Å². The van der Waals surface area contributed by atoms with E-state index in [1.165, 1.54) is 18.5 Å². The van der Waals surface area contributed by atoms with Crippen LogP contribution in [0.3, 0.4) is 0 Å². The third-order valence-electron chi connectivity index (χ3n) is 4.99. The largest absolute Gasteiger partial charge is 0.489 e. The third-order valence-corrected chi connectivity index (χ3v) is 4.99. The fourth-order valence-electron chi connectivity index (χ4n) is 3.26. The summed E-state index contributed by atoms with van der Waals surface area (Å²) < 4.78 is 61.9. The van der Waals surface area contributed by atoms with Gasteiger partial charge in [0.05, 0.1) is 5.52 Å². The second-order valence-corrected chi connectivity index (χ2v) is 7.43. The fraction of sp³-hybridized carbons (Fsp3) is 0.0833. The molecule has 2 aromatic heterocycles. The maximum absolute atomic E-state index is 13.0. The molecule has 0 saturated heterocycles. The number of aromatic nitrogens is 4. The first-order valence-corrected chi connectivity index (χ1v) is 10.3. The fourth-order valence-corrected chi connectivity index (χ4v) is 3.26. The zero-order chi connectivity index (χ0) is 24.4. The highest BCUT2D eigenvalue weighted by Gasteiger charge is 2.38. The van der Waals surface area contributed by atoms with Crippen molar-refractivity contribution in [2.45, 2.75) is 12.8 Å². The molecule has 0 unspecified atom stereocenters. The first kappa shape index (κ1) is 22.3. The maximum Gasteiger partial charge on any atom is 0.470 e. The number of rotatable bonds is 6. The van der Waals surface area contributed by atoms with Gasteiger partial charge in [0.15, 0.2) is 0 Å². The van der Waals surface area contributed by atoms with Gasteiger partial charge >= 0.3 is 12.1 Å². The van der Waals surface area contributed by atoms with Gasteiger partial charge in [0.25, 0.3) is 0 Å². The highest BCUT2D eigenvalue weighted by molar-refractivity contribution is 5.93. The highest BCUT2D eigenvalue weighted by Crippen LogP contribution is 2.32. The van der Waals surface area contributed by atoms with E-state index in [-0.39, 0.29) is 18.3 Å². The van der Waals surface area contributed by atoms with Crippen LogP contribution in [0.4, 0.5) is 29.1 Å². The summed E-state index contributed by atoms with van der Waals surface area (Å²) in [5, 5.41) is 10.3. The lowest BCUT2D eigenvalue weighted by Crippen LogP contribution is -2.04. The Kier molecular flexibility index (Phi) is 5.73. The minimum atomic E-state index is -4.73. The first-order valence-electron chi connectivity index (χ1n) is 10.3. The molecule has 5 aromatic rings. The number of halogens is 4. The average molecular weight is 481 g/mol. The second-order valence-electron chi connectivity index (χ2n) is 7.43. The number of alkyl halides is 3. The smallest absolute Gasteiger partial charge is 0.470 e. The Morgan fingerprint density at radius 1 is 0.886 bits per heavy atom. The summed E-state index contributed by atoms with van der Waals surface area (Å²) >= 11 is 0. The molecular formula is C24H15F4N5O2. The number of hydrogen-bond acceptors (Lipinski definition) is 7. The van der Waals surface area contributed by atoms with E-state index < -0.39 is 12.1 Å². The zero-order valence-corrected chi connectivity index (χ0v) is 17.8. The molecule has 5 rings (SSSR count). The minimum absolute atomic E-state index is 0.267. The van der Waals surface area contributed by atoms with Crippen molar-refractivity contribution in [3.8, 4) is 17.2 Å². The van der Waals surface area contributed by atoms with Crippen LogP contribution in [-0.4, -0.2) is 20.2 Å². The summed E-state index contributed by atoms with van der Waals surface area (Å²) in [6, 6.07) is 17.9. The molecule has 0 aliphatic rings. The summed E-state index contributed by atoms with van der Waals surface area (Å²) in [6.45, 7) is 0.290. The molecule has 1 N–H and O–H groups in total. The molecule has 0 amide bonds. The molecule has 0 saturated carbocycles. The van der Waals surface area contributed by atoms with Crippen LogP contribution in [-0.2, 0) is 12.8 Å². The van der Waals surface area contributed by atoms with Crippen LogP contribution in [0.15, 0.2) is 77.5 Å². The topological polar surface area (TPSA) is 86.0 Å². The van der Waals surface area contributed by atoms with Crippen LogP contribution in [0.2, 0.25) is 0 Å². The first-order chi connectivity index (χ1) is 16.8. The van der Waals surface area contributed by atoms with Gasteiger partial charge in [-0.25, -0.2) is 14.4 Å². The van der Waals surface area contributed by atoms with Crippen LogP contribution >= 0.6 is 0 Å². The van der Waals surface area contributed by atoms with E-state index in [0.717, 1.165) is 5.56 Å². The average Bonchev–Trinajstić information content (AvgIpc) is 3.36. The molecule has 0 fully saturated rings. The molecule has 0 bridgehead atoms. The highest BCUT2D eigenvalue weighted by atomic mass is 19.4. The third kappa shape index (κ3) is 5.03. The van der Waals surface area contributed by atoms with E-state index in [2.05, 4.69) is 25.5 Å². The summed E-state index contributed by atoms with van der Waals surface area (Å²) in [5.41, 5.74) is 2.39. The Bertz CT molecular complexity index is 1470. The Balaban J connectivity index is 1.34. The Morgan fingerprint density at radius 3 is 2.37 bits per heavy atom. The SMILES string of the molecule is Fc1ccc(COc2ccc(Nc3ncnc4ccc(-c5nnc(C(F)(F)F)o5)cc34)cc2)cc1. The second kappa shape index (κ2) is 9.01. The van der Waals surface area contributed by atoms with Gasteiger partial charge in [0, 0.05) is 16.6 Å². The molecular weight excluding hydrogens is 466 g/mol. The predicted octanol–water partition coefficient (Wildman–Crippen LogP) is 6.16. The summed E-state index contributed by atoms with van der Waals surface area (Å²) in [7, 11) is 0. The Morgan fingerprint density at radius 2 is 1.66 bits per heavy atom. The van der Waals surface area contributed by atoms with Gasteiger partial charge in [-0.05, 0) is 60.2 Å². The Hall–Kier alpha value is -4.54. The van der Waals surface area contributed by atoms with E-state index in [1.54, 1.807) is 54.6 Å². The Labute approximate surface area is 195 Å². The van der Waals surface area contributed by atoms with Crippen molar-refractivity contribution in [2.24, 2.45) is 0 Å². The van der Waals surface area contributed by atoms with E-state index in [1.807, 2.05) is 0 Å². The van der Waals surface area contributed by atoms with E-state index in [0.29, 0.717) is 33.7 Å². The van der Waals surface area contributed by atoms with Crippen molar-refractivity contribution in [1.29, 1.82) is 0 Å². The zero-order valence-electron chi connectivity index (χ0n) is 17.8. The van der Waals surface area contributed by atoms with Gasteiger partial charge in [-0.1, -0.05) is 12.1 Å². The van der Waals surface area contributed by atoms with Gasteiger partial charge in [0.1, 0.15) is 30.3 Å². The molecule has 0 aliphatic heterocycles. The van der Waals surface area contributed by atoms with Crippen LogP contribution in [0.1, 0.15) is 11.5 Å². The quantitative estimate of drug-likeness (QED) is 0.291. The summed E-state index contributed by atoms with van der Waals surface area (Å²) in [6.07, 6.45) is -3.36. The molecule has 2 heterocycles. The van der Waals surface area contributed by atoms with Crippen molar-refractivity contribution in [2.75, 3.05) is 5.32 Å². The molecule has 3 aromatic carbocycles. The molecule has 0 radical (unpaired) electrons. The summed E-state index contributed by atoms with van der Waals surface area (Å²) in [4.78, 5) is 8.45. The lowest BCUT2D eigenvalue weighted by atomic mass is 10.1. The maximum atomic E-state index is 13.0. The molecule has 11 heteroatoms. The van der Waals surface area contributed by atoms with Crippen LogP contribution in [0.25, 0.3) is 22.4 Å². The van der Waals surface area contributed by atoms with Crippen molar-refractivity contribution < 1.29 is 26.7 Å². The van der Waals surface area contributed by atoms with Crippen molar-refractivity contribution in [3.05, 3.63) is 90.3 Å². The van der Waals surface area contributed by atoms with Crippen LogP contribution < -0.4 is 10.1 Å². The molecule has 0 spiro atoms. The molecule has 7 nitrogen and oxygen atoms in total. The van der Waals surface area contributed by atoms with E-state index in [4.69, 9.17) is 9.15 Å². The van der Waals surface area contributed by atoms with E-state index in [9.17, 15) is 17.6 Å². The molecule has 0 aliphatic carbocycles. The number of nitrogens with one attached hydrogen (secondary N) is 1. The van der Waals surface area contributed by atoms with E-state index >= 15 is 0 Å². The van der Waals surface area contributed by atoms with Gasteiger partial charge in [-0.2, -0.15) is 13.2 Å². The number of fused-ring (bicyclic) bond motifs is 1. The molecule has 0 atom stereocenters. The normalized spacial score (nSPS) is 11.5. The monoisotopic (exact) mass is 481 g/mol. The molecule has 176 valence electrons. The van der Waals surface area contributed by atoms with Crippen molar-refractivity contribution >= 4 is 22.4 Å². The standard InChI is InChI=1S/C24H15F4N5O2/c25-16-4-1-14(2-5-16)12-34-18-8-6-17(7-9-18)31-21-19-11-15(3-10-20(19)29-13-30-21)22-32-33-23(35-22)24(26,27)28/h1-11,13H,12H2,(H,29,30,31). The van der Waals surface area contributed by atoms with Crippen LogP contribution in [0, 0.1) is 5.82 Å². The number of hydrogen-bond donors (Lipinski definition) is 1. The van der Waals surface area contributed by atoms with Gasteiger partial charge in [-0.3, -0.25) is 0 Å². The number of benzene rings is 3. The lowest BCUT2D eigenvalue weighted by molar-refractivity contribution is -0.156. The number of nitrogens with zero attached hydrogens (tertiary/aromatic N) is 4. The summed E-state index contributed by atoms with van der Waals surface area (Å²) in [5.74, 6) is -0.940. The molecule has 35 heavy (non-hydrogen) atoms. The predicted molar refractivity (Wildman–Crippen MR) is 118 cm³/mol. The minimum Gasteiger partial charge on any atom is -0.489 e. The number of ether oxygens (including phenoxy) is 1. The van der Waals surface area contributed by atoms with Crippen molar-refractivity contribution in [1.82, 2.24) is 20.2 Å². The lowest BCUT2D eigenvalue weighted by Gasteiger charge is -2.10. The van der Waals surface area contributed by atoms with Gasteiger partial charge in [-0.15, -0.1) is 10.2 Å².